The average Bonchev–Trinajstić information content (AvgIpc) is 2.41. The van der Waals surface area contributed by atoms with Gasteiger partial charge in [-0.25, -0.2) is 0 Å². The van der Waals surface area contributed by atoms with E-state index in [4.69, 9.17) is 4.74 Å². The Kier molecular flexibility index (Phi) is 4.69. The zero-order valence-corrected chi connectivity index (χ0v) is 13.7. The molecule has 116 valence electrons. The third-order valence-electron chi connectivity index (χ3n) is 4.16. The van der Waals surface area contributed by atoms with Gasteiger partial charge in [-0.15, -0.1) is 0 Å². The first-order valence-corrected chi connectivity index (χ1v) is 7.55. The van der Waals surface area contributed by atoms with Gasteiger partial charge in [-0.2, -0.15) is 0 Å². The Morgan fingerprint density at radius 1 is 1.33 bits per heavy atom. The van der Waals surface area contributed by atoms with Crippen LogP contribution in [-0.4, -0.2) is 42.1 Å². The first-order chi connectivity index (χ1) is 9.78. The Morgan fingerprint density at radius 3 is 2.67 bits per heavy atom. The van der Waals surface area contributed by atoms with Gasteiger partial charge in [0.1, 0.15) is 0 Å². The summed E-state index contributed by atoms with van der Waals surface area (Å²) in [5, 5.41) is 3.01. The van der Waals surface area contributed by atoms with Gasteiger partial charge in [0.2, 0.25) is 5.91 Å². The molecule has 1 aromatic rings. The van der Waals surface area contributed by atoms with Crippen molar-refractivity contribution in [1.82, 2.24) is 4.90 Å². The van der Waals surface area contributed by atoms with Crippen LogP contribution in [-0.2, 0) is 9.53 Å². The third-order valence-corrected chi connectivity index (χ3v) is 4.16. The molecule has 1 saturated heterocycles. The topological polar surface area (TPSA) is 41.6 Å². The Balaban J connectivity index is 2.00. The van der Waals surface area contributed by atoms with Gasteiger partial charge in [-0.3, -0.25) is 9.69 Å². The fourth-order valence-electron chi connectivity index (χ4n) is 2.62. The largest absolute Gasteiger partial charge is 0.373 e. The second-order valence-corrected chi connectivity index (χ2v) is 6.54. The van der Waals surface area contributed by atoms with Crippen LogP contribution in [0.3, 0.4) is 0 Å². The predicted octanol–water partition coefficient (Wildman–Crippen LogP) is 2.74. The van der Waals surface area contributed by atoms with Gasteiger partial charge in [-0.05, 0) is 57.9 Å². The number of ether oxygens (including phenoxy) is 1. The van der Waals surface area contributed by atoms with Crippen LogP contribution in [0.15, 0.2) is 18.2 Å². The van der Waals surface area contributed by atoms with Crippen LogP contribution in [0, 0.1) is 13.8 Å². The Labute approximate surface area is 127 Å². The number of nitrogens with zero attached hydrogens (tertiary/aromatic N) is 1. The van der Waals surface area contributed by atoms with Gasteiger partial charge in [0.25, 0.3) is 0 Å². The molecular weight excluding hydrogens is 264 g/mol. The molecule has 0 spiro atoms. The molecule has 21 heavy (non-hydrogen) atoms. The smallest absolute Gasteiger partial charge is 0.241 e. The first kappa shape index (κ1) is 16.0. The van der Waals surface area contributed by atoms with Gasteiger partial charge >= 0.3 is 0 Å². The number of aryl methyl sites for hydroxylation is 2. The van der Waals surface area contributed by atoms with E-state index in [1.165, 1.54) is 11.1 Å². The van der Waals surface area contributed by atoms with Gasteiger partial charge in [0.15, 0.2) is 0 Å². The molecule has 0 bridgehead atoms. The summed E-state index contributed by atoms with van der Waals surface area (Å²) >= 11 is 0. The number of hydrogen-bond acceptors (Lipinski definition) is 3. The highest BCUT2D eigenvalue weighted by atomic mass is 16.5. The minimum atomic E-state index is -0.187. The van der Waals surface area contributed by atoms with Crippen molar-refractivity contribution < 1.29 is 9.53 Å². The maximum Gasteiger partial charge on any atom is 0.241 e. The normalized spacial score (nSPS) is 20.0. The highest BCUT2D eigenvalue weighted by Gasteiger charge is 2.32. The maximum absolute atomic E-state index is 12.4. The molecule has 1 aliphatic rings. The van der Waals surface area contributed by atoms with Crippen molar-refractivity contribution in [3.63, 3.8) is 0 Å². The molecule has 0 aliphatic carbocycles. The lowest BCUT2D eigenvalue weighted by atomic mass is 10.1. The molecule has 4 nitrogen and oxygen atoms in total. The van der Waals surface area contributed by atoms with E-state index in [-0.39, 0.29) is 17.6 Å². The molecule has 0 radical (unpaired) electrons. The summed E-state index contributed by atoms with van der Waals surface area (Å²) in [7, 11) is 0. The quantitative estimate of drug-likeness (QED) is 0.930. The number of amides is 1. The molecule has 0 aromatic heterocycles. The molecule has 1 aliphatic heterocycles. The Bertz CT molecular complexity index is 526. The fourth-order valence-corrected chi connectivity index (χ4v) is 2.62. The number of hydrogen-bond donors (Lipinski definition) is 1. The summed E-state index contributed by atoms with van der Waals surface area (Å²) in [5.74, 6) is 0.0379. The summed E-state index contributed by atoms with van der Waals surface area (Å²) < 4.78 is 5.70. The minimum absolute atomic E-state index is 0.0379. The zero-order valence-electron chi connectivity index (χ0n) is 13.7. The average molecular weight is 290 g/mol. The van der Waals surface area contributed by atoms with E-state index >= 15 is 0 Å². The van der Waals surface area contributed by atoms with E-state index in [0.29, 0.717) is 6.61 Å². The highest BCUT2D eigenvalue weighted by molar-refractivity contribution is 5.94. The van der Waals surface area contributed by atoms with Gasteiger partial charge in [0.05, 0.1) is 18.2 Å². The van der Waals surface area contributed by atoms with Gasteiger partial charge < -0.3 is 10.1 Å². The van der Waals surface area contributed by atoms with Crippen LogP contribution in [0.25, 0.3) is 0 Å². The minimum Gasteiger partial charge on any atom is -0.373 e. The second-order valence-electron chi connectivity index (χ2n) is 6.54. The standard InChI is InChI=1S/C17H26N2O2/c1-12-6-7-15(10-13(12)2)18-16(20)14(3)19-8-9-21-17(4,5)11-19/h6-7,10,14H,8-9,11H2,1-5H3,(H,18,20). The van der Waals surface area contributed by atoms with E-state index in [2.05, 4.69) is 37.9 Å². The number of benzene rings is 1. The molecule has 1 heterocycles. The Hall–Kier alpha value is -1.39. The van der Waals surface area contributed by atoms with Crippen LogP contribution in [0.1, 0.15) is 31.9 Å². The number of rotatable bonds is 3. The molecule has 1 amide bonds. The number of nitrogens with one attached hydrogen (secondary N) is 1. The van der Waals surface area contributed by atoms with Crippen LogP contribution < -0.4 is 5.32 Å². The van der Waals surface area contributed by atoms with Crippen molar-refractivity contribution in [2.24, 2.45) is 0 Å². The summed E-state index contributed by atoms with van der Waals surface area (Å²) in [5.41, 5.74) is 3.10. The highest BCUT2D eigenvalue weighted by Crippen LogP contribution is 2.20. The number of carbonyl (C=O) groups is 1. The Morgan fingerprint density at radius 2 is 2.05 bits per heavy atom. The monoisotopic (exact) mass is 290 g/mol. The summed E-state index contributed by atoms with van der Waals surface area (Å²) in [6, 6.07) is 5.85. The lowest BCUT2D eigenvalue weighted by Gasteiger charge is -2.40. The molecule has 1 unspecified atom stereocenters. The molecule has 0 saturated carbocycles. The van der Waals surface area contributed by atoms with E-state index in [1.807, 2.05) is 25.1 Å². The van der Waals surface area contributed by atoms with Crippen molar-refractivity contribution in [3.8, 4) is 0 Å². The van der Waals surface area contributed by atoms with Crippen molar-refractivity contribution in [2.75, 3.05) is 25.0 Å². The van der Waals surface area contributed by atoms with E-state index < -0.39 is 0 Å². The van der Waals surface area contributed by atoms with Crippen molar-refractivity contribution in [2.45, 2.75) is 46.3 Å². The van der Waals surface area contributed by atoms with Crippen LogP contribution in [0.4, 0.5) is 5.69 Å². The number of carbonyl (C=O) groups excluding carboxylic acids is 1. The molecule has 4 heteroatoms. The predicted molar refractivity (Wildman–Crippen MR) is 85.6 cm³/mol. The fraction of sp³-hybridized carbons (Fsp3) is 0.588. The van der Waals surface area contributed by atoms with Crippen molar-refractivity contribution >= 4 is 11.6 Å². The molecule has 1 aromatic carbocycles. The maximum atomic E-state index is 12.4. The van der Waals surface area contributed by atoms with E-state index in [1.54, 1.807) is 0 Å². The molecule has 1 N–H and O–H groups in total. The number of anilines is 1. The molecule has 1 atom stereocenters. The van der Waals surface area contributed by atoms with Gasteiger partial charge in [-0.1, -0.05) is 6.07 Å². The lowest BCUT2D eigenvalue weighted by molar-refractivity contribution is -0.129. The summed E-state index contributed by atoms with van der Waals surface area (Å²) in [6.07, 6.45) is 0. The van der Waals surface area contributed by atoms with Gasteiger partial charge in [0, 0.05) is 18.8 Å². The molecular formula is C17H26N2O2. The van der Waals surface area contributed by atoms with Crippen molar-refractivity contribution in [3.05, 3.63) is 29.3 Å². The van der Waals surface area contributed by atoms with E-state index in [9.17, 15) is 4.79 Å². The SMILES string of the molecule is Cc1ccc(NC(=O)C(C)N2CCOC(C)(C)C2)cc1C. The van der Waals surface area contributed by atoms with Crippen LogP contribution in [0.2, 0.25) is 0 Å². The summed E-state index contributed by atoms with van der Waals surface area (Å²) in [4.78, 5) is 14.6. The number of morpholine rings is 1. The first-order valence-electron chi connectivity index (χ1n) is 7.55. The zero-order chi connectivity index (χ0) is 15.6. The van der Waals surface area contributed by atoms with Crippen molar-refractivity contribution in [1.29, 1.82) is 0 Å². The third kappa shape index (κ3) is 4.05. The van der Waals surface area contributed by atoms with E-state index in [0.717, 1.165) is 18.8 Å². The summed E-state index contributed by atoms with van der Waals surface area (Å²) in [6.45, 7) is 12.4. The molecule has 2 rings (SSSR count). The van der Waals surface area contributed by atoms with Crippen LogP contribution >= 0.6 is 0 Å². The van der Waals surface area contributed by atoms with Crippen LogP contribution in [0.5, 0.6) is 0 Å². The molecule has 1 fully saturated rings. The second kappa shape index (κ2) is 6.16. The lowest BCUT2D eigenvalue weighted by Crippen LogP contribution is -2.54.